The van der Waals surface area contributed by atoms with E-state index in [-0.39, 0.29) is 0 Å². The van der Waals surface area contributed by atoms with Crippen LogP contribution in [0.15, 0.2) is 30.3 Å². The molecule has 0 spiro atoms. The maximum absolute atomic E-state index is 6.03. The van der Waals surface area contributed by atoms with E-state index in [0.29, 0.717) is 12.0 Å². The van der Waals surface area contributed by atoms with E-state index in [9.17, 15) is 0 Å². The fraction of sp³-hybridized carbons (Fsp3) is 0.625. The Kier molecular flexibility index (Phi) is 6.99. The second-order valence-electron chi connectivity index (χ2n) is 5.04. The monoisotopic (exact) mass is 248 g/mol. The molecule has 0 aromatic heterocycles. The van der Waals surface area contributed by atoms with Gasteiger partial charge in [-0.2, -0.15) is 0 Å². The van der Waals surface area contributed by atoms with Crippen molar-refractivity contribution in [2.45, 2.75) is 45.6 Å². The van der Waals surface area contributed by atoms with Crippen LogP contribution in [0.25, 0.3) is 0 Å². The van der Waals surface area contributed by atoms with Crippen LogP contribution in [0.4, 0.5) is 0 Å². The molecule has 0 fully saturated rings. The normalized spacial score (nSPS) is 14.7. The van der Waals surface area contributed by atoms with Gasteiger partial charge in [-0.05, 0) is 37.4 Å². The Morgan fingerprint density at radius 2 is 1.61 bits per heavy atom. The van der Waals surface area contributed by atoms with Gasteiger partial charge < -0.3 is 5.73 Å². The average molecular weight is 248 g/mol. The van der Waals surface area contributed by atoms with Crippen LogP contribution in [0.3, 0.4) is 0 Å². The third-order valence-corrected chi connectivity index (χ3v) is 3.63. The van der Waals surface area contributed by atoms with Crippen molar-refractivity contribution in [2.24, 2.45) is 5.73 Å². The average Bonchev–Trinajstić information content (AvgIpc) is 2.41. The van der Waals surface area contributed by atoms with Crippen LogP contribution < -0.4 is 5.73 Å². The van der Waals surface area contributed by atoms with E-state index in [2.05, 4.69) is 56.0 Å². The zero-order chi connectivity index (χ0) is 13.4. The number of nitrogens with zero attached hydrogens (tertiary/aromatic N) is 1. The summed E-state index contributed by atoms with van der Waals surface area (Å²) in [7, 11) is 0. The minimum atomic E-state index is 0.451. The van der Waals surface area contributed by atoms with Crippen LogP contribution >= 0.6 is 0 Å². The highest BCUT2D eigenvalue weighted by molar-refractivity contribution is 5.20. The summed E-state index contributed by atoms with van der Waals surface area (Å²) in [5, 5.41) is 0. The van der Waals surface area contributed by atoms with Crippen molar-refractivity contribution in [1.29, 1.82) is 0 Å². The van der Waals surface area contributed by atoms with Gasteiger partial charge in [0.1, 0.15) is 0 Å². The summed E-state index contributed by atoms with van der Waals surface area (Å²) in [6.45, 7) is 9.80. The Morgan fingerprint density at radius 3 is 2.06 bits per heavy atom. The van der Waals surface area contributed by atoms with Gasteiger partial charge in [0.05, 0.1) is 0 Å². The second kappa shape index (κ2) is 8.28. The molecule has 0 radical (unpaired) electrons. The molecule has 2 unspecified atom stereocenters. The summed E-state index contributed by atoms with van der Waals surface area (Å²) in [5.74, 6) is 0.495. The molecule has 0 bridgehead atoms. The number of hydrogen-bond acceptors (Lipinski definition) is 2. The molecule has 2 heteroatoms. The third kappa shape index (κ3) is 4.11. The molecule has 102 valence electrons. The van der Waals surface area contributed by atoms with Crippen LogP contribution in [-0.2, 0) is 0 Å². The molecule has 0 amide bonds. The summed E-state index contributed by atoms with van der Waals surface area (Å²) in [6, 6.07) is 11.2. The predicted molar refractivity (Wildman–Crippen MR) is 79.9 cm³/mol. The Morgan fingerprint density at radius 1 is 1.06 bits per heavy atom. The molecular formula is C16H28N2. The number of rotatable bonds is 8. The molecule has 18 heavy (non-hydrogen) atoms. The maximum atomic E-state index is 6.03. The zero-order valence-electron chi connectivity index (χ0n) is 12.1. The van der Waals surface area contributed by atoms with Gasteiger partial charge in [0.15, 0.2) is 0 Å². The molecule has 0 aliphatic rings. The molecule has 2 N–H and O–H groups in total. The fourth-order valence-electron chi connectivity index (χ4n) is 2.67. The van der Waals surface area contributed by atoms with Gasteiger partial charge in [0, 0.05) is 12.6 Å². The molecule has 0 saturated carbocycles. The quantitative estimate of drug-likeness (QED) is 0.765. The van der Waals surface area contributed by atoms with E-state index >= 15 is 0 Å². The van der Waals surface area contributed by atoms with Gasteiger partial charge >= 0.3 is 0 Å². The van der Waals surface area contributed by atoms with Crippen LogP contribution in [0.2, 0.25) is 0 Å². The summed E-state index contributed by atoms with van der Waals surface area (Å²) in [4.78, 5) is 2.55. The van der Waals surface area contributed by atoms with Gasteiger partial charge in [-0.25, -0.2) is 0 Å². The fourth-order valence-corrected chi connectivity index (χ4v) is 2.67. The van der Waals surface area contributed by atoms with Gasteiger partial charge in [-0.1, -0.05) is 51.1 Å². The van der Waals surface area contributed by atoms with E-state index in [1.165, 1.54) is 18.4 Å². The molecule has 1 aromatic carbocycles. The van der Waals surface area contributed by atoms with Gasteiger partial charge in [-0.15, -0.1) is 0 Å². The van der Waals surface area contributed by atoms with E-state index in [1.807, 2.05) is 0 Å². The largest absolute Gasteiger partial charge is 0.329 e. The molecule has 1 rings (SSSR count). The Hall–Kier alpha value is -0.860. The summed E-state index contributed by atoms with van der Waals surface area (Å²) in [5.41, 5.74) is 7.42. The highest BCUT2D eigenvalue weighted by Crippen LogP contribution is 2.22. The minimum absolute atomic E-state index is 0.451. The van der Waals surface area contributed by atoms with Crippen molar-refractivity contribution in [3.63, 3.8) is 0 Å². The first-order valence-corrected chi connectivity index (χ1v) is 7.23. The topological polar surface area (TPSA) is 29.3 Å². The molecule has 0 saturated heterocycles. The maximum Gasteiger partial charge on any atom is 0.0284 e. The third-order valence-electron chi connectivity index (χ3n) is 3.63. The Labute approximate surface area is 112 Å². The van der Waals surface area contributed by atoms with Gasteiger partial charge in [-0.3, -0.25) is 4.90 Å². The molecular weight excluding hydrogens is 220 g/mol. The van der Waals surface area contributed by atoms with Crippen molar-refractivity contribution in [3.05, 3.63) is 35.9 Å². The SMILES string of the molecule is CCCN(CCC)C(CN)C(C)c1ccccc1. The molecule has 0 heterocycles. The lowest BCUT2D eigenvalue weighted by atomic mass is 9.92. The van der Waals surface area contributed by atoms with Gasteiger partial charge in [0.2, 0.25) is 0 Å². The lowest BCUT2D eigenvalue weighted by Crippen LogP contribution is -2.44. The van der Waals surface area contributed by atoms with Crippen molar-refractivity contribution < 1.29 is 0 Å². The lowest BCUT2D eigenvalue weighted by molar-refractivity contribution is 0.179. The summed E-state index contributed by atoms with van der Waals surface area (Å²) < 4.78 is 0. The standard InChI is InChI=1S/C16H28N2/c1-4-11-18(12-5-2)16(13-17)14(3)15-9-7-6-8-10-15/h6-10,14,16H,4-5,11-13,17H2,1-3H3. The first-order valence-electron chi connectivity index (χ1n) is 7.23. The van der Waals surface area contributed by atoms with E-state index < -0.39 is 0 Å². The summed E-state index contributed by atoms with van der Waals surface area (Å²) >= 11 is 0. The highest BCUT2D eigenvalue weighted by atomic mass is 15.2. The van der Waals surface area contributed by atoms with Crippen LogP contribution in [0.1, 0.15) is 45.1 Å². The van der Waals surface area contributed by atoms with Crippen LogP contribution in [0.5, 0.6) is 0 Å². The van der Waals surface area contributed by atoms with Crippen molar-refractivity contribution in [2.75, 3.05) is 19.6 Å². The Bertz CT molecular complexity index is 304. The number of nitrogens with two attached hydrogens (primary N) is 1. The number of hydrogen-bond donors (Lipinski definition) is 1. The van der Waals surface area contributed by atoms with Crippen LogP contribution in [0, 0.1) is 0 Å². The first-order chi connectivity index (χ1) is 8.74. The highest BCUT2D eigenvalue weighted by Gasteiger charge is 2.23. The van der Waals surface area contributed by atoms with Gasteiger partial charge in [0.25, 0.3) is 0 Å². The molecule has 0 aliphatic heterocycles. The predicted octanol–water partition coefficient (Wildman–Crippen LogP) is 3.24. The lowest BCUT2D eigenvalue weighted by Gasteiger charge is -2.35. The smallest absolute Gasteiger partial charge is 0.0284 e. The van der Waals surface area contributed by atoms with E-state index in [4.69, 9.17) is 5.73 Å². The number of benzene rings is 1. The van der Waals surface area contributed by atoms with E-state index in [0.717, 1.165) is 19.6 Å². The molecule has 2 atom stereocenters. The molecule has 1 aromatic rings. The molecule has 0 aliphatic carbocycles. The second-order valence-corrected chi connectivity index (χ2v) is 5.04. The zero-order valence-corrected chi connectivity index (χ0v) is 12.1. The first kappa shape index (κ1) is 15.2. The Balaban J connectivity index is 2.79. The van der Waals surface area contributed by atoms with Crippen molar-refractivity contribution >= 4 is 0 Å². The van der Waals surface area contributed by atoms with E-state index in [1.54, 1.807) is 0 Å². The summed E-state index contributed by atoms with van der Waals surface area (Å²) in [6.07, 6.45) is 2.38. The molecule has 2 nitrogen and oxygen atoms in total. The minimum Gasteiger partial charge on any atom is -0.329 e. The van der Waals surface area contributed by atoms with Crippen molar-refractivity contribution in [1.82, 2.24) is 4.90 Å². The van der Waals surface area contributed by atoms with Crippen molar-refractivity contribution in [3.8, 4) is 0 Å². The van der Waals surface area contributed by atoms with Crippen LogP contribution in [-0.4, -0.2) is 30.6 Å².